The van der Waals surface area contributed by atoms with E-state index in [2.05, 4.69) is 0 Å². The Bertz CT molecular complexity index is 272. The molecule has 5 nitrogen and oxygen atoms in total. The van der Waals surface area contributed by atoms with Crippen LogP contribution in [0.1, 0.15) is 20.3 Å². The Morgan fingerprint density at radius 3 is 2.23 bits per heavy atom. The fourth-order valence-corrected chi connectivity index (χ4v) is 0.936. The molecule has 0 heterocycles. The standard InChI is InChI=1S/C7H10O5S/c1-5(9)3-6(10)7(2,4-8)13(11)12/h4H,3H2,1-2H3,(H,11,12)/p-1. The van der Waals surface area contributed by atoms with Gasteiger partial charge in [0, 0.05) is 0 Å². The van der Waals surface area contributed by atoms with E-state index in [-0.39, 0.29) is 6.29 Å². The Balaban J connectivity index is 4.77. The summed E-state index contributed by atoms with van der Waals surface area (Å²) >= 11 is -2.84. The summed E-state index contributed by atoms with van der Waals surface area (Å²) in [7, 11) is 0. The second-order valence-corrected chi connectivity index (χ2v) is 4.08. The number of rotatable bonds is 5. The van der Waals surface area contributed by atoms with E-state index >= 15 is 0 Å². The number of aldehydes is 1. The molecule has 0 saturated carbocycles. The zero-order valence-electron chi connectivity index (χ0n) is 7.23. The summed E-state index contributed by atoms with van der Waals surface area (Å²) in [6.45, 7) is 2.12. The van der Waals surface area contributed by atoms with Crippen molar-refractivity contribution in [1.82, 2.24) is 0 Å². The minimum Gasteiger partial charge on any atom is -0.771 e. The van der Waals surface area contributed by atoms with Crippen LogP contribution >= 0.6 is 0 Å². The van der Waals surface area contributed by atoms with E-state index in [1.54, 1.807) is 0 Å². The molecule has 0 saturated heterocycles. The highest BCUT2D eigenvalue weighted by Gasteiger charge is 2.34. The van der Waals surface area contributed by atoms with E-state index in [4.69, 9.17) is 0 Å². The predicted octanol–water partition coefficient (Wildman–Crippen LogP) is -0.629. The molecule has 0 aliphatic carbocycles. The topological polar surface area (TPSA) is 91.3 Å². The zero-order chi connectivity index (χ0) is 10.6. The number of hydrogen-bond donors (Lipinski definition) is 0. The zero-order valence-corrected chi connectivity index (χ0v) is 8.05. The SMILES string of the molecule is CC(=O)CC(=O)C(C)(C=O)S(=O)[O-]. The van der Waals surface area contributed by atoms with E-state index in [1.165, 1.54) is 0 Å². The molecule has 6 heteroatoms. The number of hydrogen-bond acceptors (Lipinski definition) is 5. The lowest BCUT2D eigenvalue weighted by Crippen LogP contribution is -2.42. The van der Waals surface area contributed by atoms with Crippen LogP contribution in [0.2, 0.25) is 0 Å². The van der Waals surface area contributed by atoms with E-state index in [1.807, 2.05) is 0 Å². The Kier molecular flexibility index (Phi) is 4.09. The van der Waals surface area contributed by atoms with E-state index in [9.17, 15) is 23.1 Å². The molecule has 0 bridgehead atoms. The fraction of sp³-hybridized carbons (Fsp3) is 0.571. The van der Waals surface area contributed by atoms with Crippen LogP contribution in [0.5, 0.6) is 0 Å². The normalized spacial score (nSPS) is 17.2. The first-order valence-electron chi connectivity index (χ1n) is 3.43. The van der Waals surface area contributed by atoms with Crippen LogP contribution in [0.25, 0.3) is 0 Å². The van der Waals surface area contributed by atoms with Gasteiger partial charge in [0.2, 0.25) is 0 Å². The summed E-state index contributed by atoms with van der Waals surface area (Å²) in [5.74, 6) is -1.37. The Morgan fingerprint density at radius 2 is 2.00 bits per heavy atom. The molecular formula is C7H9O5S-. The van der Waals surface area contributed by atoms with E-state index < -0.39 is 33.8 Å². The van der Waals surface area contributed by atoms with Gasteiger partial charge < -0.3 is 9.35 Å². The largest absolute Gasteiger partial charge is 0.771 e. The molecule has 2 unspecified atom stereocenters. The van der Waals surface area contributed by atoms with Gasteiger partial charge in [0.05, 0.1) is 6.42 Å². The third-order valence-corrected chi connectivity index (χ3v) is 2.55. The van der Waals surface area contributed by atoms with Gasteiger partial charge in [-0.3, -0.25) is 13.8 Å². The van der Waals surface area contributed by atoms with Crippen LogP contribution in [-0.4, -0.2) is 31.4 Å². The molecular weight excluding hydrogens is 196 g/mol. The van der Waals surface area contributed by atoms with Crippen molar-refractivity contribution in [3.8, 4) is 0 Å². The molecule has 74 valence electrons. The van der Waals surface area contributed by atoms with Gasteiger partial charge in [-0.15, -0.1) is 0 Å². The van der Waals surface area contributed by atoms with Crippen LogP contribution in [0.4, 0.5) is 0 Å². The molecule has 0 aliphatic heterocycles. The molecule has 0 fully saturated rings. The van der Waals surface area contributed by atoms with Gasteiger partial charge in [-0.05, 0) is 24.9 Å². The van der Waals surface area contributed by atoms with Crippen LogP contribution in [0, 0.1) is 0 Å². The Labute approximate surface area is 77.8 Å². The Hall–Kier alpha value is -0.880. The second kappa shape index (κ2) is 4.38. The third kappa shape index (κ3) is 2.82. The van der Waals surface area contributed by atoms with Gasteiger partial charge in [-0.2, -0.15) is 0 Å². The molecule has 2 atom stereocenters. The lowest BCUT2D eigenvalue weighted by molar-refractivity contribution is -0.128. The average Bonchev–Trinajstić information content (AvgIpc) is 2.01. The Morgan fingerprint density at radius 1 is 1.54 bits per heavy atom. The molecule has 0 aromatic rings. The molecule has 0 amide bonds. The summed E-state index contributed by atoms with van der Waals surface area (Å²) in [6, 6.07) is 0. The van der Waals surface area contributed by atoms with Crippen LogP contribution in [0.15, 0.2) is 0 Å². The first kappa shape index (κ1) is 12.1. The highest BCUT2D eigenvalue weighted by molar-refractivity contribution is 7.82. The van der Waals surface area contributed by atoms with Gasteiger partial charge >= 0.3 is 0 Å². The van der Waals surface area contributed by atoms with Gasteiger partial charge in [0.25, 0.3) is 0 Å². The van der Waals surface area contributed by atoms with E-state index in [0.717, 1.165) is 13.8 Å². The monoisotopic (exact) mass is 205 g/mol. The number of Topliss-reactive ketones (excluding diaryl/α,β-unsaturated/α-hetero) is 2. The van der Waals surface area contributed by atoms with Crippen LogP contribution in [-0.2, 0) is 25.5 Å². The predicted molar refractivity (Wildman–Crippen MR) is 43.7 cm³/mol. The lowest BCUT2D eigenvalue weighted by atomic mass is 10.0. The van der Waals surface area contributed by atoms with Gasteiger partial charge in [0.15, 0.2) is 5.78 Å². The van der Waals surface area contributed by atoms with Gasteiger partial charge in [-0.1, -0.05) is 0 Å². The first-order chi connectivity index (χ1) is 5.84. The maximum absolute atomic E-state index is 11.1. The summed E-state index contributed by atoms with van der Waals surface area (Å²) < 4.78 is 18.9. The van der Waals surface area contributed by atoms with Crippen molar-refractivity contribution in [3.63, 3.8) is 0 Å². The smallest absolute Gasteiger partial charge is 0.164 e. The van der Waals surface area contributed by atoms with Crippen LogP contribution in [0.3, 0.4) is 0 Å². The summed E-state index contributed by atoms with van der Waals surface area (Å²) in [6.07, 6.45) is -0.509. The summed E-state index contributed by atoms with van der Waals surface area (Å²) in [4.78, 5) is 32.0. The van der Waals surface area contributed by atoms with Gasteiger partial charge in [0.1, 0.15) is 16.8 Å². The average molecular weight is 205 g/mol. The number of carbonyl (C=O) groups excluding carboxylic acids is 3. The molecule has 0 radical (unpaired) electrons. The maximum atomic E-state index is 11.1. The molecule has 0 N–H and O–H groups in total. The second-order valence-electron chi connectivity index (χ2n) is 2.76. The summed E-state index contributed by atoms with van der Waals surface area (Å²) in [5.41, 5.74) is 0. The lowest BCUT2D eigenvalue weighted by Gasteiger charge is -2.23. The number of ketones is 2. The van der Waals surface area contributed by atoms with Crippen molar-refractivity contribution in [2.75, 3.05) is 0 Å². The highest BCUT2D eigenvalue weighted by Crippen LogP contribution is 2.12. The molecule has 0 spiro atoms. The van der Waals surface area contributed by atoms with Crippen molar-refractivity contribution in [1.29, 1.82) is 0 Å². The highest BCUT2D eigenvalue weighted by atomic mass is 32.2. The van der Waals surface area contributed by atoms with Crippen molar-refractivity contribution in [2.24, 2.45) is 0 Å². The molecule has 0 aliphatic rings. The fourth-order valence-electron chi connectivity index (χ4n) is 0.600. The minimum atomic E-state index is -2.84. The van der Waals surface area contributed by atoms with Crippen molar-refractivity contribution < 1.29 is 23.1 Å². The molecule has 0 aromatic heterocycles. The van der Waals surface area contributed by atoms with Crippen molar-refractivity contribution in [2.45, 2.75) is 25.0 Å². The van der Waals surface area contributed by atoms with E-state index in [0.29, 0.717) is 0 Å². The summed E-state index contributed by atoms with van der Waals surface area (Å²) in [5, 5.41) is 0. The molecule has 0 rings (SSSR count). The molecule has 13 heavy (non-hydrogen) atoms. The van der Waals surface area contributed by atoms with Crippen molar-refractivity contribution >= 4 is 28.9 Å². The minimum absolute atomic E-state index is 0.0292. The molecule has 0 aromatic carbocycles. The van der Waals surface area contributed by atoms with Gasteiger partial charge in [-0.25, -0.2) is 0 Å². The maximum Gasteiger partial charge on any atom is 0.164 e. The first-order valence-corrected chi connectivity index (χ1v) is 4.50. The quantitative estimate of drug-likeness (QED) is 0.338. The van der Waals surface area contributed by atoms with Crippen molar-refractivity contribution in [3.05, 3.63) is 0 Å². The van der Waals surface area contributed by atoms with Crippen LogP contribution < -0.4 is 0 Å². The number of carbonyl (C=O) groups is 3. The third-order valence-electron chi connectivity index (χ3n) is 1.53.